The average Bonchev–Trinajstić information content (AvgIpc) is 3.30. The van der Waals surface area contributed by atoms with Gasteiger partial charge < -0.3 is 37.9 Å². The highest BCUT2D eigenvalue weighted by Crippen LogP contribution is 2.59. The number of benzene rings is 4. The molecular formula is C54H62O11S4. The lowest BCUT2D eigenvalue weighted by Crippen LogP contribution is -2.25. The van der Waals surface area contributed by atoms with Crippen LogP contribution in [0.3, 0.4) is 0 Å². The quantitative estimate of drug-likeness (QED) is 0.114. The summed E-state index contributed by atoms with van der Waals surface area (Å²) in [7, 11) is 0. The standard InChI is InChI=1S/C54H62O11S4/c1-8-12-31-35-16-36-32(13-9-2)38-18-40-34(15-11-4)42-19-41-33(14-10-3)39-17-37(31)49-44(21-67-28(5)55)51(39)62-26-64-53(41)46(23-69-30(7)57)54(42)65-27-63-52(40)45(22-68-29(6)56)50(38)61-25-59-48(36)43(20-66)47(35)58-24-60-49/h16-19,31-34,66H,8-15,20-27H2,1-7H3. The Morgan fingerprint density at radius 2 is 0.609 bits per heavy atom. The molecule has 15 heteroatoms. The molecule has 4 aromatic rings. The number of hydrogen-bond acceptors (Lipinski definition) is 15. The lowest BCUT2D eigenvalue weighted by molar-refractivity contribution is -0.109. The maximum Gasteiger partial charge on any atom is 0.230 e. The van der Waals surface area contributed by atoms with Crippen molar-refractivity contribution < 1.29 is 52.3 Å². The van der Waals surface area contributed by atoms with E-state index in [9.17, 15) is 14.4 Å². The van der Waals surface area contributed by atoms with Crippen molar-refractivity contribution in [1.82, 2.24) is 0 Å². The fourth-order valence-corrected chi connectivity index (χ4v) is 13.3. The van der Waals surface area contributed by atoms with Crippen LogP contribution in [0, 0.1) is 0 Å². The number of ether oxygens (including phenoxy) is 8. The molecule has 0 aromatic heterocycles. The van der Waals surface area contributed by atoms with Gasteiger partial charge in [-0.3, -0.25) is 14.4 Å². The van der Waals surface area contributed by atoms with Crippen LogP contribution in [0.1, 0.15) is 190 Å². The number of hydrogen-bond donors (Lipinski definition) is 1. The molecule has 4 unspecified atom stereocenters. The summed E-state index contributed by atoms with van der Waals surface area (Å²) in [6.45, 7) is 13.1. The molecule has 4 aromatic carbocycles. The maximum atomic E-state index is 12.9. The SMILES string of the molecule is CCCC1c2cc3c4c(CS)c2OCOc2c1cc1c(c2CSC(C)=O)OCOc2c(cc5c(c2CSC(C)=O)OCOc2c(cc(c(c2CSC(C)=O)OCO4)C3CCC)C5CCC)C1CCC. The van der Waals surface area contributed by atoms with E-state index >= 15 is 0 Å². The van der Waals surface area contributed by atoms with Gasteiger partial charge in [0.2, 0.25) is 27.2 Å². The molecule has 4 heterocycles. The van der Waals surface area contributed by atoms with Gasteiger partial charge in [-0.05, 0) is 49.9 Å². The van der Waals surface area contributed by atoms with E-state index in [0.29, 0.717) is 69.0 Å². The molecule has 368 valence electrons. The monoisotopic (exact) mass is 1010 g/mol. The highest BCUT2D eigenvalue weighted by atomic mass is 32.2. The lowest BCUT2D eigenvalue weighted by atomic mass is 9.74. The summed E-state index contributed by atoms with van der Waals surface area (Å²) in [6, 6.07) is 9.22. The largest absolute Gasteiger partial charge is 0.457 e. The Balaban J connectivity index is 1.50. The van der Waals surface area contributed by atoms with E-state index < -0.39 is 0 Å². The van der Waals surface area contributed by atoms with E-state index in [-0.39, 0.29) is 66.2 Å². The molecule has 0 amide bonds. The number of carbonyl (C=O) groups is 3. The smallest absolute Gasteiger partial charge is 0.230 e. The van der Waals surface area contributed by atoms with Crippen molar-refractivity contribution in [2.24, 2.45) is 0 Å². The van der Waals surface area contributed by atoms with Gasteiger partial charge in [-0.15, -0.1) is 0 Å². The van der Waals surface area contributed by atoms with Crippen LogP contribution in [0.5, 0.6) is 46.0 Å². The van der Waals surface area contributed by atoms with Crippen LogP contribution in [-0.4, -0.2) is 42.5 Å². The van der Waals surface area contributed by atoms with Gasteiger partial charge in [-0.2, -0.15) is 12.6 Å². The van der Waals surface area contributed by atoms with Gasteiger partial charge in [0.05, 0.1) is 0 Å². The predicted octanol–water partition coefficient (Wildman–Crippen LogP) is 13.4. The van der Waals surface area contributed by atoms with Gasteiger partial charge in [0.25, 0.3) is 0 Å². The number of thiol groups is 1. The fraction of sp³-hybridized carbons (Fsp3) is 0.500. The summed E-state index contributed by atoms with van der Waals surface area (Å²) < 4.78 is 54.6. The van der Waals surface area contributed by atoms with Crippen molar-refractivity contribution in [1.29, 1.82) is 0 Å². The first-order valence-corrected chi connectivity index (χ1v) is 27.9. The average molecular weight is 1020 g/mol. The zero-order valence-electron chi connectivity index (χ0n) is 40.6. The van der Waals surface area contributed by atoms with Crippen molar-refractivity contribution in [2.45, 2.75) is 147 Å². The van der Waals surface area contributed by atoms with E-state index in [4.69, 9.17) is 50.5 Å². The summed E-state index contributed by atoms with van der Waals surface area (Å²) in [5.74, 6) is 5.62. The van der Waals surface area contributed by atoms with Gasteiger partial charge in [0.15, 0.2) is 15.3 Å². The highest BCUT2D eigenvalue weighted by Gasteiger charge is 2.41. The Bertz CT molecular complexity index is 2500. The van der Waals surface area contributed by atoms with Crippen LogP contribution in [0.4, 0.5) is 0 Å². The summed E-state index contributed by atoms with van der Waals surface area (Å²) in [6.07, 6.45) is 6.40. The minimum Gasteiger partial charge on any atom is -0.457 e. The van der Waals surface area contributed by atoms with Crippen LogP contribution in [0.15, 0.2) is 24.3 Å². The first-order chi connectivity index (χ1) is 33.5. The van der Waals surface area contributed by atoms with Crippen molar-refractivity contribution >= 4 is 63.3 Å². The minimum atomic E-state index is -0.245. The molecule has 4 aliphatic heterocycles. The summed E-state index contributed by atoms with van der Waals surface area (Å²) in [5.41, 5.74) is 11.2. The molecule has 0 radical (unpaired) electrons. The van der Waals surface area contributed by atoms with Crippen molar-refractivity contribution in [3.63, 3.8) is 0 Å². The molecule has 8 bridgehead atoms. The molecule has 5 aliphatic rings. The summed E-state index contributed by atoms with van der Waals surface area (Å²) >= 11 is 8.68. The van der Waals surface area contributed by atoms with Crippen molar-refractivity contribution in [2.75, 3.05) is 27.2 Å². The normalized spacial score (nSPS) is 19.0. The lowest BCUT2D eigenvalue weighted by Gasteiger charge is -2.37. The van der Waals surface area contributed by atoms with Gasteiger partial charge in [0, 0.05) is 134 Å². The Hall–Kier alpha value is -4.31. The second kappa shape index (κ2) is 21.6. The Labute approximate surface area is 423 Å². The van der Waals surface area contributed by atoms with Gasteiger partial charge in [0.1, 0.15) is 46.0 Å². The number of thioether (sulfide) groups is 3. The third kappa shape index (κ3) is 9.39. The molecule has 4 atom stereocenters. The van der Waals surface area contributed by atoms with Gasteiger partial charge in [-0.25, -0.2) is 0 Å². The Morgan fingerprint density at radius 3 is 0.783 bits per heavy atom. The molecular weight excluding hydrogens is 953 g/mol. The topological polar surface area (TPSA) is 125 Å². The predicted molar refractivity (Wildman–Crippen MR) is 276 cm³/mol. The van der Waals surface area contributed by atoms with Crippen LogP contribution in [-0.2, 0) is 37.4 Å². The summed E-state index contributed by atoms with van der Waals surface area (Å²) in [4.78, 5) is 38.7. The number of carbonyl (C=O) groups excluding carboxylic acids is 3. The number of rotatable bonds is 15. The third-order valence-corrected chi connectivity index (χ3v) is 16.7. The van der Waals surface area contributed by atoms with E-state index in [1.807, 2.05) is 0 Å². The second-order valence-corrected chi connectivity index (χ2v) is 22.0. The molecule has 0 saturated carbocycles. The first kappa shape index (κ1) is 49.7. The Kier molecular flexibility index (Phi) is 15.5. The maximum absolute atomic E-state index is 12.9. The van der Waals surface area contributed by atoms with E-state index in [1.165, 1.54) is 35.3 Å². The molecule has 0 fully saturated rings. The summed E-state index contributed by atoms with van der Waals surface area (Å²) in [5, 5.41) is -0.0599. The molecule has 11 nitrogen and oxygen atoms in total. The fourth-order valence-electron chi connectivity index (χ4n) is 11.2. The van der Waals surface area contributed by atoms with E-state index in [1.54, 1.807) is 20.8 Å². The highest BCUT2D eigenvalue weighted by molar-refractivity contribution is 8.13. The molecule has 0 saturated heterocycles. The van der Waals surface area contributed by atoms with E-state index in [0.717, 1.165) is 118 Å². The van der Waals surface area contributed by atoms with E-state index in [2.05, 4.69) is 52.0 Å². The van der Waals surface area contributed by atoms with Crippen LogP contribution in [0.25, 0.3) is 0 Å². The Morgan fingerprint density at radius 1 is 0.406 bits per heavy atom. The molecule has 69 heavy (non-hydrogen) atoms. The molecule has 0 N–H and O–H groups in total. The van der Waals surface area contributed by atoms with Crippen molar-refractivity contribution in [3.8, 4) is 46.0 Å². The van der Waals surface area contributed by atoms with Gasteiger partial charge in [-0.1, -0.05) is 88.7 Å². The van der Waals surface area contributed by atoms with Crippen LogP contribution >= 0.6 is 47.9 Å². The third-order valence-electron chi connectivity index (χ3n) is 13.9. The second-order valence-electron chi connectivity index (χ2n) is 18.3. The molecule has 9 rings (SSSR count). The first-order valence-electron chi connectivity index (χ1n) is 24.3. The van der Waals surface area contributed by atoms with Crippen LogP contribution < -0.4 is 37.9 Å². The van der Waals surface area contributed by atoms with Crippen LogP contribution in [0.2, 0.25) is 0 Å². The molecule has 0 spiro atoms. The van der Waals surface area contributed by atoms with Gasteiger partial charge >= 0.3 is 0 Å². The zero-order chi connectivity index (χ0) is 48.5. The minimum absolute atomic E-state index is 0.0176. The van der Waals surface area contributed by atoms with Crippen molar-refractivity contribution in [3.05, 3.63) is 91.0 Å². The molecule has 1 aliphatic carbocycles. The zero-order valence-corrected chi connectivity index (χ0v) is 43.9.